The Balaban J connectivity index is 1.53. The Hall–Kier alpha value is -3.78. The molecule has 0 saturated heterocycles. The molecule has 166 valence electrons. The average Bonchev–Trinajstić information content (AvgIpc) is 3.17. The van der Waals surface area contributed by atoms with Crippen LogP contribution in [-0.4, -0.2) is 27.4 Å². The number of aryl methyl sites for hydroxylation is 1. The third kappa shape index (κ3) is 3.82. The summed E-state index contributed by atoms with van der Waals surface area (Å²) in [5.74, 6) is -0.423. The molecule has 0 fully saturated rings. The zero-order chi connectivity index (χ0) is 23.1. The molecule has 0 bridgehead atoms. The molecule has 7 nitrogen and oxygen atoms in total. The van der Waals surface area contributed by atoms with Gasteiger partial charge in [0.05, 0.1) is 23.1 Å². The van der Waals surface area contributed by atoms with E-state index in [0.29, 0.717) is 21.6 Å². The van der Waals surface area contributed by atoms with Crippen molar-refractivity contribution in [2.75, 3.05) is 10.2 Å². The van der Waals surface area contributed by atoms with Crippen LogP contribution in [0.5, 0.6) is 0 Å². The first-order valence-corrected chi connectivity index (χ1v) is 11.5. The maximum absolute atomic E-state index is 13.4. The average molecular weight is 459 g/mol. The number of carbonyl (C=O) groups is 2. The van der Waals surface area contributed by atoms with E-state index in [1.54, 1.807) is 17.0 Å². The zero-order valence-corrected chi connectivity index (χ0v) is 19.1. The Morgan fingerprint density at radius 3 is 2.70 bits per heavy atom. The molecule has 1 N–H and O–H groups in total. The van der Waals surface area contributed by atoms with Crippen LogP contribution in [0.25, 0.3) is 21.3 Å². The van der Waals surface area contributed by atoms with Gasteiger partial charge in [-0.2, -0.15) is 0 Å². The number of benzene rings is 2. The number of amides is 2. The standard InChI is InChI=1S/C25H22N4O3S/c1-15-7-9-17(10-8-15)18-13-33-24-23(18)25(32)28(14-26-24)12-22(31)29-16(2)11-21(30)27-19-5-3-4-6-20(19)29/h3-10,13-14,16H,11-12H2,1-2H3,(H,27,30)/t16-/m1/s1. The van der Waals surface area contributed by atoms with E-state index in [0.717, 1.165) is 16.7 Å². The van der Waals surface area contributed by atoms with Crippen LogP contribution >= 0.6 is 11.3 Å². The number of nitrogens with zero attached hydrogens (tertiary/aromatic N) is 3. The lowest BCUT2D eigenvalue weighted by Gasteiger charge is -2.28. The number of aromatic nitrogens is 2. The fourth-order valence-corrected chi connectivity index (χ4v) is 5.12. The Morgan fingerprint density at radius 1 is 1.15 bits per heavy atom. The summed E-state index contributed by atoms with van der Waals surface area (Å²) in [5, 5.41) is 5.30. The number of hydrogen-bond donors (Lipinski definition) is 1. The van der Waals surface area contributed by atoms with Gasteiger partial charge in [0.25, 0.3) is 5.56 Å². The first kappa shape index (κ1) is 21.1. The molecular weight excluding hydrogens is 436 g/mol. The van der Waals surface area contributed by atoms with Crippen LogP contribution in [0.1, 0.15) is 18.9 Å². The van der Waals surface area contributed by atoms with E-state index in [9.17, 15) is 14.4 Å². The van der Waals surface area contributed by atoms with Crippen molar-refractivity contribution < 1.29 is 9.59 Å². The summed E-state index contributed by atoms with van der Waals surface area (Å²) in [4.78, 5) is 45.7. The van der Waals surface area contributed by atoms with Crippen molar-refractivity contribution in [2.45, 2.75) is 32.9 Å². The Labute approximate surface area is 194 Å². The molecule has 0 spiro atoms. The van der Waals surface area contributed by atoms with Crippen LogP contribution < -0.4 is 15.8 Å². The highest BCUT2D eigenvalue weighted by Gasteiger charge is 2.30. The lowest BCUT2D eigenvalue weighted by Crippen LogP contribution is -2.42. The minimum absolute atomic E-state index is 0.147. The van der Waals surface area contributed by atoms with Crippen LogP contribution in [0.2, 0.25) is 0 Å². The number of thiophene rings is 1. The van der Waals surface area contributed by atoms with E-state index in [1.807, 2.05) is 55.6 Å². The van der Waals surface area contributed by atoms with E-state index >= 15 is 0 Å². The van der Waals surface area contributed by atoms with Gasteiger partial charge in [-0.1, -0.05) is 42.0 Å². The molecule has 0 saturated carbocycles. The van der Waals surface area contributed by atoms with Crippen LogP contribution in [-0.2, 0) is 16.1 Å². The van der Waals surface area contributed by atoms with E-state index in [1.165, 1.54) is 22.2 Å². The summed E-state index contributed by atoms with van der Waals surface area (Å²) in [6.07, 6.45) is 1.60. The summed E-state index contributed by atoms with van der Waals surface area (Å²) >= 11 is 1.41. The second-order valence-corrected chi connectivity index (χ2v) is 9.11. The Kier molecular flexibility index (Phi) is 5.30. The summed E-state index contributed by atoms with van der Waals surface area (Å²) in [7, 11) is 0. The smallest absolute Gasteiger partial charge is 0.263 e. The minimum Gasteiger partial charge on any atom is -0.324 e. The molecule has 4 aromatic rings. The van der Waals surface area contributed by atoms with Crippen LogP contribution in [0.15, 0.2) is 65.0 Å². The molecule has 5 rings (SSSR count). The number of anilines is 2. The monoisotopic (exact) mass is 458 g/mol. The molecule has 0 aliphatic carbocycles. The molecule has 0 radical (unpaired) electrons. The fraction of sp³-hybridized carbons (Fsp3) is 0.200. The molecule has 2 aromatic heterocycles. The third-order valence-electron chi connectivity index (χ3n) is 5.86. The third-order valence-corrected chi connectivity index (χ3v) is 6.74. The van der Waals surface area contributed by atoms with Crippen molar-refractivity contribution >= 4 is 44.7 Å². The first-order valence-electron chi connectivity index (χ1n) is 10.7. The van der Waals surface area contributed by atoms with Gasteiger partial charge in [0, 0.05) is 23.4 Å². The molecule has 2 aromatic carbocycles. The van der Waals surface area contributed by atoms with E-state index in [-0.39, 0.29) is 36.4 Å². The molecule has 1 atom stereocenters. The van der Waals surface area contributed by atoms with Gasteiger partial charge in [-0.05, 0) is 31.5 Å². The zero-order valence-electron chi connectivity index (χ0n) is 18.2. The fourth-order valence-electron chi connectivity index (χ4n) is 4.22. The number of rotatable bonds is 3. The lowest BCUT2D eigenvalue weighted by molar-refractivity contribution is -0.120. The second kappa shape index (κ2) is 8.29. The minimum atomic E-state index is -0.349. The van der Waals surface area contributed by atoms with Crippen molar-refractivity contribution in [1.82, 2.24) is 9.55 Å². The number of carbonyl (C=O) groups excluding carboxylic acids is 2. The number of fused-ring (bicyclic) bond motifs is 2. The second-order valence-electron chi connectivity index (χ2n) is 8.26. The van der Waals surface area contributed by atoms with E-state index in [2.05, 4.69) is 10.3 Å². The van der Waals surface area contributed by atoms with Crippen molar-refractivity contribution in [3.8, 4) is 11.1 Å². The molecule has 3 heterocycles. The lowest BCUT2D eigenvalue weighted by atomic mass is 10.1. The highest BCUT2D eigenvalue weighted by molar-refractivity contribution is 7.17. The van der Waals surface area contributed by atoms with Gasteiger partial charge in [0.1, 0.15) is 11.4 Å². The molecule has 1 aliphatic rings. The van der Waals surface area contributed by atoms with Crippen molar-refractivity contribution in [2.24, 2.45) is 0 Å². The highest BCUT2D eigenvalue weighted by atomic mass is 32.1. The highest BCUT2D eigenvalue weighted by Crippen LogP contribution is 2.32. The molecule has 33 heavy (non-hydrogen) atoms. The summed E-state index contributed by atoms with van der Waals surface area (Å²) in [5.41, 5.74) is 3.85. The number of para-hydroxylation sites is 2. The Morgan fingerprint density at radius 2 is 1.91 bits per heavy atom. The molecular formula is C25H22N4O3S. The first-order chi connectivity index (χ1) is 15.9. The predicted octanol–water partition coefficient (Wildman–Crippen LogP) is 4.20. The van der Waals surface area contributed by atoms with Crippen LogP contribution in [0, 0.1) is 6.92 Å². The molecule has 8 heteroatoms. The van der Waals surface area contributed by atoms with Crippen molar-refractivity contribution in [1.29, 1.82) is 0 Å². The molecule has 0 unspecified atom stereocenters. The van der Waals surface area contributed by atoms with Gasteiger partial charge in [-0.25, -0.2) is 4.98 Å². The van der Waals surface area contributed by atoms with E-state index in [4.69, 9.17) is 0 Å². The summed E-state index contributed by atoms with van der Waals surface area (Å²) in [6, 6.07) is 14.8. The summed E-state index contributed by atoms with van der Waals surface area (Å²) in [6.45, 7) is 3.68. The topological polar surface area (TPSA) is 84.3 Å². The SMILES string of the molecule is Cc1ccc(-c2csc3ncn(CC(=O)N4c5ccccc5NC(=O)C[C@H]4C)c(=O)c23)cc1. The van der Waals surface area contributed by atoms with Gasteiger partial charge in [-0.3, -0.25) is 19.0 Å². The van der Waals surface area contributed by atoms with Crippen LogP contribution in [0.3, 0.4) is 0 Å². The van der Waals surface area contributed by atoms with Crippen molar-refractivity contribution in [3.05, 3.63) is 76.2 Å². The number of nitrogens with one attached hydrogen (secondary N) is 1. The quantitative estimate of drug-likeness (QED) is 0.499. The normalized spacial score (nSPS) is 15.8. The van der Waals surface area contributed by atoms with Gasteiger partial charge < -0.3 is 10.2 Å². The van der Waals surface area contributed by atoms with Crippen LogP contribution in [0.4, 0.5) is 11.4 Å². The number of hydrogen-bond acceptors (Lipinski definition) is 5. The summed E-state index contributed by atoms with van der Waals surface area (Å²) < 4.78 is 1.35. The molecule has 2 amide bonds. The maximum atomic E-state index is 13.4. The Bertz CT molecular complexity index is 1440. The molecule has 1 aliphatic heterocycles. The van der Waals surface area contributed by atoms with Crippen molar-refractivity contribution in [3.63, 3.8) is 0 Å². The van der Waals surface area contributed by atoms with Gasteiger partial charge in [0.15, 0.2) is 0 Å². The predicted molar refractivity (Wildman–Crippen MR) is 131 cm³/mol. The van der Waals surface area contributed by atoms with Gasteiger partial charge >= 0.3 is 0 Å². The van der Waals surface area contributed by atoms with Gasteiger partial charge in [-0.15, -0.1) is 11.3 Å². The largest absolute Gasteiger partial charge is 0.324 e. The van der Waals surface area contributed by atoms with E-state index < -0.39 is 0 Å². The maximum Gasteiger partial charge on any atom is 0.263 e. The van der Waals surface area contributed by atoms with Gasteiger partial charge in [0.2, 0.25) is 11.8 Å².